The highest BCUT2D eigenvalue weighted by atomic mass is 15.1. The molecule has 0 saturated heterocycles. The molecule has 64 heavy (non-hydrogen) atoms. The molecule has 0 fully saturated rings. The summed E-state index contributed by atoms with van der Waals surface area (Å²) in [5, 5.41) is 14.4. The fraction of sp³-hybridized carbons (Fsp3) is 0. The molecule has 5 aromatic heterocycles. The summed E-state index contributed by atoms with van der Waals surface area (Å²) in [6.45, 7) is 0. The number of aromatic nitrogens is 5. The molecule has 0 bridgehead atoms. The van der Waals surface area contributed by atoms with Crippen LogP contribution in [0.5, 0.6) is 0 Å². The van der Waals surface area contributed by atoms with Crippen molar-refractivity contribution in [2.24, 2.45) is 0 Å². The van der Waals surface area contributed by atoms with Crippen LogP contribution in [0.4, 0.5) is 0 Å². The second kappa shape index (κ2) is 15.2. The van der Waals surface area contributed by atoms with Crippen LogP contribution in [0.1, 0.15) is 5.56 Å². The van der Waals surface area contributed by atoms with Crippen LogP contribution in [-0.4, -0.2) is 24.1 Å². The molecule has 0 aliphatic rings. The van der Waals surface area contributed by atoms with E-state index >= 15 is 0 Å². The van der Waals surface area contributed by atoms with Crippen LogP contribution in [0.15, 0.2) is 219 Å². The number of hydrogen-bond donors (Lipinski definition) is 0. The smallest absolute Gasteiger partial charge is 0.138 e. The first-order valence-electron chi connectivity index (χ1n) is 21.3. The third-order valence-corrected chi connectivity index (χ3v) is 12.3. The molecule has 7 aromatic carbocycles. The van der Waals surface area contributed by atoms with Crippen LogP contribution >= 0.6 is 0 Å². The monoisotopic (exact) mass is 816 g/mol. The zero-order valence-corrected chi connectivity index (χ0v) is 34.5. The zero-order chi connectivity index (χ0) is 42.6. The van der Waals surface area contributed by atoms with Crippen LogP contribution in [0.2, 0.25) is 0 Å². The van der Waals surface area contributed by atoms with Crippen LogP contribution < -0.4 is 0 Å². The summed E-state index contributed by atoms with van der Waals surface area (Å²) in [6.07, 6.45) is 5.93. The molecule has 298 valence electrons. The van der Waals surface area contributed by atoms with Gasteiger partial charge >= 0.3 is 0 Å². The van der Waals surface area contributed by atoms with Gasteiger partial charge in [0.15, 0.2) is 0 Å². The Labute approximate surface area is 369 Å². The second-order valence-corrected chi connectivity index (χ2v) is 16.0. The van der Waals surface area contributed by atoms with E-state index in [-0.39, 0.29) is 0 Å². The Hall–Kier alpha value is -8.92. The normalized spacial score (nSPS) is 11.4. The van der Waals surface area contributed by atoms with Gasteiger partial charge < -0.3 is 4.57 Å². The molecule has 0 atom stereocenters. The first-order chi connectivity index (χ1) is 31.7. The van der Waals surface area contributed by atoms with Crippen molar-refractivity contribution in [1.29, 1.82) is 5.26 Å². The highest BCUT2D eigenvalue weighted by Crippen LogP contribution is 2.40. The quantitative estimate of drug-likeness (QED) is 0.161. The Bertz CT molecular complexity index is 3750. The van der Waals surface area contributed by atoms with Crippen LogP contribution in [0.25, 0.3) is 111 Å². The van der Waals surface area contributed by atoms with Gasteiger partial charge in [0.1, 0.15) is 5.82 Å². The van der Waals surface area contributed by atoms with Gasteiger partial charge in [0.05, 0.1) is 57.0 Å². The van der Waals surface area contributed by atoms with Crippen LogP contribution in [0.3, 0.4) is 0 Å². The first-order valence-corrected chi connectivity index (χ1v) is 21.3. The van der Waals surface area contributed by atoms with E-state index < -0.39 is 0 Å². The number of para-hydroxylation sites is 2. The lowest BCUT2D eigenvalue weighted by molar-refractivity contribution is 1.06. The highest BCUT2D eigenvalue weighted by molar-refractivity contribution is 6.12. The SMILES string of the molecule is N#Cc1ccc(-c2cc(-n3c4ccccc4c4ccc(-c5ccc(-c6ccccc6)nc5)cc43)ncc2-n2c3ccccc3c3ccc(-c4ccc(-c5ccccc5)nc4)cc32)cc1. The largest absolute Gasteiger partial charge is 0.307 e. The molecular formula is C58H36N6. The summed E-state index contributed by atoms with van der Waals surface area (Å²) < 4.78 is 4.60. The Morgan fingerprint density at radius 2 is 0.812 bits per heavy atom. The van der Waals surface area contributed by atoms with Crippen LogP contribution in [0, 0.1) is 11.3 Å². The molecule has 5 heterocycles. The van der Waals surface area contributed by atoms with Gasteiger partial charge in [-0.25, -0.2) is 4.98 Å². The summed E-state index contributed by atoms with van der Waals surface area (Å²) >= 11 is 0. The summed E-state index contributed by atoms with van der Waals surface area (Å²) in [4.78, 5) is 15.1. The fourth-order valence-corrected chi connectivity index (χ4v) is 9.19. The standard InChI is InChI=1S/C58H36N6/c59-34-38-19-21-39(22-20-38)50-33-58(64-54-18-10-8-16-47(54)49-28-24-43(32-56(49)64)45-26-30-52(61-36-45)41-13-5-2-6-14-41)62-37-57(50)63-53-17-9-7-15-46(53)48-27-23-42(31-55(48)63)44-25-29-51(60-35-44)40-11-3-1-4-12-40/h1-33,35-37H. The predicted octanol–water partition coefficient (Wildman–Crippen LogP) is 14.3. The second-order valence-electron chi connectivity index (χ2n) is 16.0. The molecule has 0 aliphatic heterocycles. The van der Waals surface area contributed by atoms with Gasteiger partial charge in [0, 0.05) is 61.8 Å². The maximum absolute atomic E-state index is 9.80. The lowest BCUT2D eigenvalue weighted by Crippen LogP contribution is -2.03. The topological polar surface area (TPSA) is 72.3 Å². The van der Waals surface area contributed by atoms with E-state index in [4.69, 9.17) is 15.0 Å². The van der Waals surface area contributed by atoms with E-state index in [0.717, 1.165) is 111 Å². The van der Waals surface area contributed by atoms with Crippen molar-refractivity contribution in [3.05, 3.63) is 224 Å². The van der Waals surface area contributed by atoms with Gasteiger partial charge in [0.2, 0.25) is 0 Å². The number of nitriles is 1. The molecule has 12 rings (SSSR count). The fourth-order valence-electron chi connectivity index (χ4n) is 9.19. The van der Waals surface area contributed by atoms with E-state index in [1.807, 2.05) is 79.3 Å². The molecule has 0 spiro atoms. The number of nitrogens with zero attached hydrogens (tertiary/aromatic N) is 6. The Morgan fingerprint density at radius 3 is 1.34 bits per heavy atom. The van der Waals surface area contributed by atoms with E-state index in [0.29, 0.717) is 5.56 Å². The minimum atomic E-state index is 0.606. The minimum absolute atomic E-state index is 0.606. The lowest BCUT2D eigenvalue weighted by Gasteiger charge is -2.17. The van der Waals surface area contributed by atoms with Crippen molar-refractivity contribution in [3.63, 3.8) is 0 Å². The van der Waals surface area contributed by atoms with Crippen molar-refractivity contribution >= 4 is 43.6 Å². The maximum atomic E-state index is 9.80. The van der Waals surface area contributed by atoms with E-state index in [1.54, 1.807) is 0 Å². The average molecular weight is 817 g/mol. The molecule has 0 aliphatic carbocycles. The maximum Gasteiger partial charge on any atom is 0.138 e. The number of fused-ring (bicyclic) bond motifs is 6. The van der Waals surface area contributed by atoms with Gasteiger partial charge in [-0.15, -0.1) is 0 Å². The summed E-state index contributed by atoms with van der Waals surface area (Å²) in [6, 6.07) is 71.7. The van der Waals surface area contributed by atoms with Crippen molar-refractivity contribution in [2.75, 3.05) is 0 Å². The van der Waals surface area contributed by atoms with Crippen molar-refractivity contribution in [3.8, 4) is 73.5 Å². The number of hydrogen-bond acceptors (Lipinski definition) is 4. The minimum Gasteiger partial charge on any atom is -0.307 e. The number of pyridine rings is 3. The van der Waals surface area contributed by atoms with Gasteiger partial charge in [0.25, 0.3) is 0 Å². The van der Waals surface area contributed by atoms with Crippen molar-refractivity contribution in [2.45, 2.75) is 0 Å². The summed E-state index contributed by atoms with van der Waals surface area (Å²) in [7, 11) is 0. The molecule has 6 nitrogen and oxygen atoms in total. The van der Waals surface area contributed by atoms with Gasteiger partial charge in [-0.1, -0.05) is 146 Å². The third-order valence-electron chi connectivity index (χ3n) is 12.3. The molecule has 0 unspecified atom stereocenters. The number of rotatable bonds is 7. The van der Waals surface area contributed by atoms with E-state index in [2.05, 4.69) is 155 Å². The molecule has 0 saturated carbocycles. The van der Waals surface area contributed by atoms with E-state index in [9.17, 15) is 5.26 Å². The van der Waals surface area contributed by atoms with Gasteiger partial charge in [-0.05, 0) is 71.3 Å². The highest BCUT2D eigenvalue weighted by Gasteiger charge is 2.21. The van der Waals surface area contributed by atoms with Crippen molar-refractivity contribution in [1.82, 2.24) is 24.1 Å². The number of benzene rings is 7. The van der Waals surface area contributed by atoms with Crippen molar-refractivity contribution < 1.29 is 0 Å². The molecule has 0 radical (unpaired) electrons. The Kier molecular flexibility index (Phi) is 8.77. The van der Waals surface area contributed by atoms with Gasteiger partial charge in [-0.3, -0.25) is 14.5 Å². The first kappa shape index (κ1) is 36.9. The molecule has 0 amide bonds. The lowest BCUT2D eigenvalue weighted by atomic mass is 10.0. The predicted molar refractivity (Wildman–Crippen MR) is 260 cm³/mol. The molecule has 12 aromatic rings. The van der Waals surface area contributed by atoms with Crippen LogP contribution in [-0.2, 0) is 0 Å². The average Bonchev–Trinajstić information content (AvgIpc) is 3.89. The summed E-state index contributed by atoms with van der Waals surface area (Å²) in [5.41, 5.74) is 16.0. The van der Waals surface area contributed by atoms with Gasteiger partial charge in [-0.2, -0.15) is 5.26 Å². The third kappa shape index (κ3) is 6.22. The molecule has 6 heteroatoms. The van der Waals surface area contributed by atoms with E-state index in [1.165, 1.54) is 0 Å². The summed E-state index contributed by atoms with van der Waals surface area (Å²) in [5.74, 6) is 0.787. The molecule has 0 N–H and O–H groups in total. The Morgan fingerprint density at radius 1 is 0.344 bits per heavy atom. The Balaban J connectivity index is 1.04. The molecular weight excluding hydrogens is 781 g/mol. The zero-order valence-electron chi connectivity index (χ0n) is 34.5.